The highest BCUT2D eigenvalue weighted by molar-refractivity contribution is 8.01. The molecule has 3 aromatic rings. The highest BCUT2D eigenvalue weighted by Gasteiger charge is 2.47. The highest BCUT2D eigenvalue weighted by Crippen LogP contribution is 2.50. The molecule has 10 nitrogen and oxygen atoms in total. The summed E-state index contributed by atoms with van der Waals surface area (Å²) in [4.78, 5) is 46.5. The van der Waals surface area contributed by atoms with E-state index in [2.05, 4.69) is 22.2 Å². The van der Waals surface area contributed by atoms with E-state index in [0.717, 1.165) is 5.56 Å². The lowest BCUT2D eigenvalue weighted by molar-refractivity contribution is -0.131. The Hall–Kier alpha value is -4.35. The standard InChI is InChI=1S/C29H27N5O5S/c1-2-23(36)33-15-13-22(35)20(16-33)31-27(37)26-25-24-21(12-14-30-28(24)40-26)34(29(38)32-25)17-8-10-19(11-9-17)39-18-6-4-3-5-7-18/h2-12,14,20,22,25-26,35H,1,13,15-16H2,(H,31,37)(H,32,38)/t20-,22-,25?,26?/m1/s1. The summed E-state index contributed by atoms with van der Waals surface area (Å²) in [6, 6.07) is 16.8. The van der Waals surface area contributed by atoms with Crippen LogP contribution < -0.4 is 20.3 Å². The molecule has 1 fully saturated rings. The Labute approximate surface area is 235 Å². The van der Waals surface area contributed by atoms with E-state index in [1.165, 1.54) is 17.8 Å². The second-order valence-electron chi connectivity index (χ2n) is 9.72. The van der Waals surface area contributed by atoms with Crippen molar-refractivity contribution in [2.75, 3.05) is 18.0 Å². The Kier molecular flexibility index (Phi) is 6.91. The van der Waals surface area contributed by atoms with Gasteiger partial charge in [0.2, 0.25) is 11.8 Å². The van der Waals surface area contributed by atoms with Crippen molar-refractivity contribution >= 4 is 41.0 Å². The zero-order chi connectivity index (χ0) is 27.8. The number of anilines is 2. The maximum Gasteiger partial charge on any atom is 0.327 e. The number of piperidine rings is 1. The third-order valence-electron chi connectivity index (χ3n) is 7.23. The molecule has 3 aliphatic heterocycles. The molecule has 2 unspecified atom stereocenters. The molecule has 4 amide bonds. The molecular formula is C29H27N5O5S. The predicted octanol–water partition coefficient (Wildman–Crippen LogP) is 3.51. The maximum atomic E-state index is 13.5. The van der Waals surface area contributed by atoms with Gasteiger partial charge in [-0.1, -0.05) is 36.5 Å². The fraction of sp³-hybridized carbons (Fsp3) is 0.241. The van der Waals surface area contributed by atoms with Crippen LogP contribution in [0, 0.1) is 0 Å². The Morgan fingerprint density at radius 3 is 2.62 bits per heavy atom. The smallest absolute Gasteiger partial charge is 0.327 e. The van der Waals surface area contributed by atoms with Gasteiger partial charge in [0.15, 0.2) is 0 Å². The SMILES string of the molecule is C=CC(=O)N1CC[C@@H](O)[C@H](NC(=O)C2Sc3nccc4c3C2NC(=O)N4c2ccc(Oc3ccccc3)cc2)C1. The van der Waals surface area contributed by atoms with Gasteiger partial charge in [-0.3, -0.25) is 14.5 Å². The van der Waals surface area contributed by atoms with Crippen LogP contribution in [0.1, 0.15) is 18.0 Å². The lowest BCUT2D eigenvalue weighted by atomic mass is 9.98. The summed E-state index contributed by atoms with van der Waals surface area (Å²) in [7, 11) is 0. The minimum absolute atomic E-state index is 0.181. The summed E-state index contributed by atoms with van der Waals surface area (Å²) in [5.41, 5.74) is 2.06. The van der Waals surface area contributed by atoms with Crippen LogP contribution in [0.2, 0.25) is 0 Å². The van der Waals surface area contributed by atoms with Gasteiger partial charge in [-0.15, -0.1) is 0 Å². The zero-order valence-corrected chi connectivity index (χ0v) is 22.2. The summed E-state index contributed by atoms with van der Waals surface area (Å²) >= 11 is 1.27. The number of nitrogens with zero attached hydrogens (tertiary/aromatic N) is 3. The van der Waals surface area contributed by atoms with Crippen LogP contribution in [0.15, 0.2) is 84.5 Å². The van der Waals surface area contributed by atoms with E-state index in [1.54, 1.807) is 46.3 Å². The third-order valence-corrected chi connectivity index (χ3v) is 8.52. The van der Waals surface area contributed by atoms with Gasteiger partial charge in [-0.05, 0) is 55.0 Å². The van der Waals surface area contributed by atoms with Gasteiger partial charge < -0.3 is 25.4 Å². The lowest BCUT2D eigenvalue weighted by Crippen LogP contribution is -2.58. The Bertz CT molecular complexity index is 1470. The number of hydrogen-bond acceptors (Lipinski definition) is 7. The number of thioether (sulfide) groups is 1. The number of carbonyl (C=O) groups excluding carboxylic acids is 3. The molecule has 0 saturated carbocycles. The maximum absolute atomic E-state index is 13.5. The summed E-state index contributed by atoms with van der Waals surface area (Å²) in [5, 5.41) is 16.4. The van der Waals surface area contributed by atoms with Crippen molar-refractivity contribution in [1.29, 1.82) is 0 Å². The van der Waals surface area contributed by atoms with Gasteiger partial charge in [0.1, 0.15) is 21.8 Å². The molecule has 3 N–H and O–H groups in total. The third kappa shape index (κ3) is 4.78. The van der Waals surface area contributed by atoms with Crippen LogP contribution in [-0.2, 0) is 9.59 Å². The first-order valence-corrected chi connectivity index (χ1v) is 13.8. The van der Waals surface area contributed by atoms with Crippen LogP contribution >= 0.6 is 11.8 Å². The number of aromatic nitrogens is 1. The van der Waals surface area contributed by atoms with E-state index in [0.29, 0.717) is 40.9 Å². The molecule has 1 saturated heterocycles. The minimum Gasteiger partial charge on any atom is -0.457 e. The number of nitrogens with one attached hydrogen (secondary N) is 2. The summed E-state index contributed by atoms with van der Waals surface area (Å²) in [6.45, 7) is 4.09. The van der Waals surface area contributed by atoms with E-state index in [4.69, 9.17) is 4.74 Å². The molecule has 3 aliphatic rings. The number of rotatable bonds is 6. The number of pyridine rings is 1. The second kappa shape index (κ2) is 10.7. The summed E-state index contributed by atoms with van der Waals surface area (Å²) < 4.78 is 5.88. The Morgan fingerprint density at radius 1 is 1.12 bits per heavy atom. The van der Waals surface area contributed by atoms with Crippen molar-refractivity contribution in [3.63, 3.8) is 0 Å². The number of ether oxygens (including phenoxy) is 1. The Morgan fingerprint density at radius 2 is 1.88 bits per heavy atom. The van der Waals surface area contributed by atoms with E-state index in [1.807, 2.05) is 30.3 Å². The first-order valence-electron chi connectivity index (χ1n) is 12.9. The molecule has 204 valence electrons. The van der Waals surface area contributed by atoms with Crippen molar-refractivity contribution in [3.05, 3.63) is 85.1 Å². The number of hydrogen-bond donors (Lipinski definition) is 3. The van der Waals surface area contributed by atoms with Crippen LogP contribution in [0.4, 0.5) is 16.2 Å². The first kappa shape index (κ1) is 25.9. The van der Waals surface area contributed by atoms with E-state index >= 15 is 0 Å². The van der Waals surface area contributed by atoms with E-state index in [-0.39, 0.29) is 24.4 Å². The van der Waals surface area contributed by atoms with Crippen molar-refractivity contribution < 1.29 is 24.2 Å². The predicted molar refractivity (Wildman–Crippen MR) is 150 cm³/mol. The molecule has 0 aliphatic carbocycles. The van der Waals surface area contributed by atoms with Gasteiger partial charge >= 0.3 is 6.03 Å². The van der Waals surface area contributed by atoms with Gasteiger partial charge in [0.05, 0.1) is 29.6 Å². The largest absolute Gasteiger partial charge is 0.457 e. The molecule has 6 rings (SSSR count). The van der Waals surface area contributed by atoms with Gasteiger partial charge in [0.25, 0.3) is 0 Å². The molecule has 4 atom stereocenters. The minimum atomic E-state index is -0.787. The molecular weight excluding hydrogens is 530 g/mol. The van der Waals surface area contributed by atoms with Gasteiger partial charge in [-0.2, -0.15) is 0 Å². The molecule has 4 heterocycles. The monoisotopic (exact) mass is 557 g/mol. The molecule has 0 spiro atoms. The number of likely N-dealkylation sites (tertiary alicyclic amines) is 1. The number of para-hydroxylation sites is 1. The molecule has 0 radical (unpaired) electrons. The van der Waals surface area contributed by atoms with E-state index in [9.17, 15) is 19.5 Å². The number of urea groups is 1. The first-order chi connectivity index (χ1) is 19.4. The average Bonchev–Trinajstić information content (AvgIpc) is 3.34. The summed E-state index contributed by atoms with van der Waals surface area (Å²) in [5.74, 6) is 0.757. The molecule has 11 heteroatoms. The summed E-state index contributed by atoms with van der Waals surface area (Å²) in [6.07, 6.45) is 2.41. The number of carbonyl (C=O) groups is 3. The van der Waals surface area contributed by atoms with Crippen LogP contribution in [0.5, 0.6) is 11.5 Å². The number of amides is 4. The van der Waals surface area contributed by atoms with Gasteiger partial charge in [-0.25, -0.2) is 9.78 Å². The van der Waals surface area contributed by atoms with E-state index < -0.39 is 23.4 Å². The van der Waals surface area contributed by atoms with Gasteiger partial charge in [0, 0.05) is 24.8 Å². The molecule has 40 heavy (non-hydrogen) atoms. The fourth-order valence-corrected chi connectivity index (χ4v) is 6.48. The normalized spacial score (nSPS) is 23.2. The highest BCUT2D eigenvalue weighted by atomic mass is 32.2. The zero-order valence-electron chi connectivity index (χ0n) is 21.4. The molecule has 2 aromatic carbocycles. The molecule has 0 bridgehead atoms. The molecule has 1 aromatic heterocycles. The number of aliphatic hydroxyl groups excluding tert-OH is 1. The lowest BCUT2D eigenvalue weighted by Gasteiger charge is -2.37. The van der Waals surface area contributed by atoms with Crippen LogP contribution in [0.3, 0.4) is 0 Å². The number of aliphatic hydroxyl groups is 1. The second-order valence-corrected chi connectivity index (χ2v) is 10.8. The van der Waals surface area contributed by atoms with Crippen molar-refractivity contribution in [1.82, 2.24) is 20.5 Å². The topological polar surface area (TPSA) is 124 Å². The van der Waals surface area contributed by atoms with Crippen molar-refractivity contribution in [2.24, 2.45) is 0 Å². The fourth-order valence-electron chi connectivity index (χ4n) is 5.24. The van der Waals surface area contributed by atoms with Crippen LogP contribution in [0.25, 0.3) is 0 Å². The van der Waals surface area contributed by atoms with Crippen LogP contribution in [-0.4, -0.2) is 63.3 Å². The number of benzene rings is 2. The average molecular weight is 558 g/mol. The quantitative estimate of drug-likeness (QED) is 0.396. The Balaban J connectivity index is 1.21. The van der Waals surface area contributed by atoms with Crippen molar-refractivity contribution in [3.8, 4) is 11.5 Å². The van der Waals surface area contributed by atoms with Crippen molar-refractivity contribution in [2.45, 2.75) is 34.9 Å².